The monoisotopic (exact) mass is 255 g/mol. The van der Waals surface area contributed by atoms with Crippen LogP contribution in [-0.2, 0) is 4.79 Å². The number of non-ortho nitro benzene ring substituents is 1. The smallest absolute Gasteiger partial charge is 0.271 e. The number of nitrogens with zero attached hydrogens (tertiary/aromatic N) is 1. The first-order valence-corrected chi connectivity index (χ1v) is 5.41. The van der Waals surface area contributed by atoms with Crippen LogP contribution in [0.15, 0.2) is 18.2 Å². The fourth-order valence-corrected chi connectivity index (χ4v) is 1.65. The van der Waals surface area contributed by atoms with Gasteiger partial charge in [-0.25, -0.2) is 0 Å². The standard InChI is InChI=1S/C10H10ClN3O3/c11-8-3-7(14(16)17)1-2-9(8)13-10(15)6-4-12-5-6/h1-3,6,12H,4-5H2,(H,13,15). The number of hydrogen-bond donors (Lipinski definition) is 2. The van der Waals surface area contributed by atoms with Crippen molar-refractivity contribution < 1.29 is 9.72 Å². The molecule has 1 fully saturated rings. The van der Waals surface area contributed by atoms with Crippen molar-refractivity contribution in [3.05, 3.63) is 33.3 Å². The lowest BCUT2D eigenvalue weighted by Gasteiger charge is -2.25. The van der Waals surface area contributed by atoms with E-state index in [2.05, 4.69) is 10.6 Å². The zero-order valence-corrected chi connectivity index (χ0v) is 9.53. The lowest BCUT2D eigenvalue weighted by molar-refractivity contribution is -0.384. The van der Waals surface area contributed by atoms with Gasteiger partial charge in [0, 0.05) is 25.2 Å². The highest BCUT2D eigenvalue weighted by Gasteiger charge is 2.25. The summed E-state index contributed by atoms with van der Waals surface area (Å²) in [5, 5.41) is 16.3. The first kappa shape index (κ1) is 11.8. The largest absolute Gasteiger partial charge is 0.324 e. The van der Waals surface area contributed by atoms with Gasteiger partial charge in [0.05, 0.1) is 21.6 Å². The Morgan fingerprint density at radius 2 is 2.24 bits per heavy atom. The molecule has 6 nitrogen and oxygen atoms in total. The zero-order chi connectivity index (χ0) is 12.4. The van der Waals surface area contributed by atoms with Gasteiger partial charge in [-0.2, -0.15) is 0 Å². The number of rotatable bonds is 3. The molecule has 1 aliphatic heterocycles. The minimum atomic E-state index is -0.534. The fourth-order valence-electron chi connectivity index (χ4n) is 1.43. The van der Waals surface area contributed by atoms with Crippen LogP contribution >= 0.6 is 11.6 Å². The van der Waals surface area contributed by atoms with Crippen LogP contribution in [0.3, 0.4) is 0 Å². The molecule has 1 aromatic carbocycles. The van der Waals surface area contributed by atoms with E-state index >= 15 is 0 Å². The molecule has 1 aromatic rings. The lowest BCUT2D eigenvalue weighted by atomic mass is 10.0. The predicted octanol–water partition coefficient (Wildman–Crippen LogP) is 1.41. The van der Waals surface area contributed by atoms with Gasteiger partial charge >= 0.3 is 0 Å². The first-order chi connectivity index (χ1) is 8.08. The topological polar surface area (TPSA) is 84.3 Å². The highest BCUT2D eigenvalue weighted by molar-refractivity contribution is 6.34. The molecule has 0 unspecified atom stereocenters. The van der Waals surface area contributed by atoms with E-state index in [0.717, 1.165) is 0 Å². The summed E-state index contributed by atoms with van der Waals surface area (Å²) in [4.78, 5) is 21.6. The van der Waals surface area contributed by atoms with E-state index in [1.165, 1.54) is 18.2 Å². The highest BCUT2D eigenvalue weighted by Crippen LogP contribution is 2.27. The van der Waals surface area contributed by atoms with E-state index in [0.29, 0.717) is 18.8 Å². The number of nitro groups is 1. The number of anilines is 1. The Balaban J connectivity index is 2.10. The van der Waals surface area contributed by atoms with Crippen molar-refractivity contribution in [1.29, 1.82) is 0 Å². The molecular weight excluding hydrogens is 246 g/mol. The second-order valence-corrected chi connectivity index (χ2v) is 4.17. The van der Waals surface area contributed by atoms with Crippen LogP contribution in [0.25, 0.3) is 0 Å². The number of nitrogens with one attached hydrogen (secondary N) is 2. The van der Waals surface area contributed by atoms with Crippen LogP contribution in [-0.4, -0.2) is 23.9 Å². The van der Waals surface area contributed by atoms with Gasteiger partial charge in [0.1, 0.15) is 0 Å². The molecule has 2 N–H and O–H groups in total. The van der Waals surface area contributed by atoms with Gasteiger partial charge in [0.15, 0.2) is 0 Å². The molecule has 1 aliphatic rings. The number of hydrogen-bond acceptors (Lipinski definition) is 4. The molecule has 0 bridgehead atoms. The molecule has 0 radical (unpaired) electrons. The summed E-state index contributed by atoms with van der Waals surface area (Å²) in [5.41, 5.74) is 0.299. The van der Waals surface area contributed by atoms with E-state index in [-0.39, 0.29) is 22.5 Å². The maximum absolute atomic E-state index is 11.6. The minimum absolute atomic E-state index is 0.0544. The third kappa shape index (κ3) is 2.54. The van der Waals surface area contributed by atoms with E-state index < -0.39 is 4.92 Å². The Morgan fingerprint density at radius 3 is 2.71 bits per heavy atom. The van der Waals surface area contributed by atoms with Crippen molar-refractivity contribution in [2.24, 2.45) is 5.92 Å². The van der Waals surface area contributed by atoms with Gasteiger partial charge in [0.2, 0.25) is 5.91 Å². The number of benzene rings is 1. The summed E-state index contributed by atoms with van der Waals surface area (Å²) < 4.78 is 0. The summed E-state index contributed by atoms with van der Waals surface area (Å²) in [5.74, 6) is -0.180. The third-order valence-corrected chi connectivity index (χ3v) is 2.89. The maximum Gasteiger partial charge on any atom is 0.271 e. The Bertz CT molecular complexity index is 474. The average molecular weight is 256 g/mol. The van der Waals surface area contributed by atoms with Gasteiger partial charge < -0.3 is 10.6 Å². The van der Waals surface area contributed by atoms with Crippen molar-refractivity contribution in [2.45, 2.75) is 0 Å². The third-order valence-electron chi connectivity index (χ3n) is 2.57. The molecule has 1 amide bonds. The summed E-state index contributed by atoms with van der Waals surface area (Å²) in [6.45, 7) is 1.30. The number of nitro benzene ring substituents is 1. The maximum atomic E-state index is 11.6. The number of halogens is 1. The second-order valence-electron chi connectivity index (χ2n) is 3.77. The molecule has 0 aromatic heterocycles. The summed E-state index contributed by atoms with van der Waals surface area (Å²) >= 11 is 5.85. The van der Waals surface area contributed by atoms with Crippen molar-refractivity contribution >= 4 is 28.9 Å². The highest BCUT2D eigenvalue weighted by atomic mass is 35.5. The van der Waals surface area contributed by atoms with Crippen molar-refractivity contribution in [3.8, 4) is 0 Å². The second kappa shape index (κ2) is 4.68. The van der Waals surface area contributed by atoms with Gasteiger partial charge in [-0.1, -0.05) is 11.6 Å². The van der Waals surface area contributed by atoms with E-state index in [9.17, 15) is 14.9 Å². The molecule has 0 atom stereocenters. The number of carbonyl (C=O) groups is 1. The fraction of sp³-hybridized carbons (Fsp3) is 0.300. The Kier molecular flexibility index (Phi) is 3.26. The molecule has 90 valence electrons. The molecule has 17 heavy (non-hydrogen) atoms. The summed E-state index contributed by atoms with van der Waals surface area (Å²) in [6, 6.07) is 3.96. The normalized spacial score (nSPS) is 15.1. The van der Waals surface area contributed by atoms with Gasteiger partial charge in [-0.3, -0.25) is 14.9 Å². The zero-order valence-electron chi connectivity index (χ0n) is 8.77. The minimum Gasteiger partial charge on any atom is -0.324 e. The Labute approximate surface area is 102 Å². The molecule has 1 saturated heterocycles. The van der Waals surface area contributed by atoms with Crippen LogP contribution in [0, 0.1) is 16.0 Å². The van der Waals surface area contributed by atoms with E-state index in [1.54, 1.807) is 0 Å². The SMILES string of the molecule is O=C(Nc1ccc([N+](=O)[O-])cc1Cl)C1CNC1. The average Bonchev–Trinajstić information content (AvgIpc) is 2.18. The van der Waals surface area contributed by atoms with E-state index in [1.807, 2.05) is 0 Å². The lowest BCUT2D eigenvalue weighted by Crippen LogP contribution is -2.48. The predicted molar refractivity (Wildman–Crippen MR) is 63.1 cm³/mol. The quantitative estimate of drug-likeness (QED) is 0.632. The summed E-state index contributed by atoms with van der Waals surface area (Å²) in [6.07, 6.45) is 0. The van der Waals surface area contributed by atoms with Crippen LogP contribution < -0.4 is 10.6 Å². The molecule has 0 aliphatic carbocycles. The van der Waals surface area contributed by atoms with Crippen molar-refractivity contribution in [3.63, 3.8) is 0 Å². The van der Waals surface area contributed by atoms with Gasteiger partial charge in [-0.05, 0) is 6.07 Å². The van der Waals surface area contributed by atoms with E-state index in [4.69, 9.17) is 11.6 Å². The Morgan fingerprint density at radius 1 is 1.53 bits per heavy atom. The summed E-state index contributed by atoms with van der Waals surface area (Å²) in [7, 11) is 0. The van der Waals surface area contributed by atoms with Crippen LogP contribution in [0.4, 0.5) is 11.4 Å². The van der Waals surface area contributed by atoms with Crippen molar-refractivity contribution in [1.82, 2.24) is 5.32 Å². The number of carbonyl (C=O) groups excluding carboxylic acids is 1. The molecule has 7 heteroatoms. The molecule has 1 heterocycles. The van der Waals surface area contributed by atoms with Crippen LogP contribution in [0.5, 0.6) is 0 Å². The van der Waals surface area contributed by atoms with Crippen molar-refractivity contribution in [2.75, 3.05) is 18.4 Å². The number of amides is 1. The molecular formula is C10H10ClN3O3. The molecule has 0 saturated carbocycles. The van der Waals surface area contributed by atoms with Gasteiger partial charge in [-0.15, -0.1) is 0 Å². The molecule has 0 spiro atoms. The Hall–Kier alpha value is -1.66. The van der Waals surface area contributed by atoms with Crippen LogP contribution in [0.2, 0.25) is 5.02 Å². The van der Waals surface area contributed by atoms with Gasteiger partial charge in [0.25, 0.3) is 5.69 Å². The van der Waals surface area contributed by atoms with Crippen LogP contribution in [0.1, 0.15) is 0 Å². The first-order valence-electron chi connectivity index (χ1n) is 5.03. The molecule has 2 rings (SSSR count).